The molecule has 0 saturated heterocycles. The van der Waals surface area contributed by atoms with E-state index >= 15 is 0 Å². The summed E-state index contributed by atoms with van der Waals surface area (Å²) in [6.07, 6.45) is 5.99. The molecule has 4 bridgehead atoms. The highest BCUT2D eigenvalue weighted by Crippen LogP contribution is 2.60. The van der Waals surface area contributed by atoms with Gasteiger partial charge in [0.2, 0.25) is 0 Å². The quantitative estimate of drug-likeness (QED) is 0.840. The van der Waals surface area contributed by atoms with Crippen LogP contribution in [0.25, 0.3) is 0 Å². The van der Waals surface area contributed by atoms with E-state index in [2.05, 4.69) is 5.32 Å². The minimum absolute atomic E-state index is 0.140. The van der Waals surface area contributed by atoms with Crippen LogP contribution in [-0.4, -0.2) is 18.0 Å². The van der Waals surface area contributed by atoms with E-state index < -0.39 is 6.10 Å². The lowest BCUT2D eigenvalue weighted by atomic mass is 9.49. The summed E-state index contributed by atoms with van der Waals surface area (Å²) in [7, 11) is 0. The summed E-state index contributed by atoms with van der Waals surface area (Å²) in [5.41, 5.74) is 1.51. The number of hydrogen-bond acceptors (Lipinski definition) is 3. The number of ether oxygens (including phenoxy) is 1. The van der Waals surface area contributed by atoms with Crippen LogP contribution in [0.15, 0.2) is 24.3 Å². The van der Waals surface area contributed by atoms with Gasteiger partial charge < -0.3 is 10.1 Å². The maximum atomic E-state index is 12.9. The second-order valence-corrected chi connectivity index (χ2v) is 8.60. The molecule has 4 aliphatic rings. The fraction of sp³-hybridized carbons (Fsp3) is 0.619. The normalized spacial score (nSPS) is 33.8. The molecular formula is C21H27NO3. The van der Waals surface area contributed by atoms with Gasteiger partial charge in [0.15, 0.2) is 6.10 Å². The molecule has 0 aromatic heterocycles. The molecule has 0 radical (unpaired) electrons. The number of nitrogens with one attached hydrogen (secondary N) is 1. The first-order valence-corrected chi connectivity index (χ1v) is 9.52. The Labute approximate surface area is 149 Å². The SMILES string of the molecule is Cc1cccc(NC(=O)[C@H](C)OC(=O)C23CC4CC(CC(C4)C2)C3)c1. The third-order valence-corrected chi connectivity index (χ3v) is 6.41. The zero-order valence-electron chi connectivity index (χ0n) is 15.1. The highest BCUT2D eigenvalue weighted by atomic mass is 16.5. The number of amides is 1. The molecule has 0 aliphatic heterocycles. The number of benzene rings is 1. The van der Waals surface area contributed by atoms with Crippen molar-refractivity contribution in [2.75, 3.05) is 5.32 Å². The van der Waals surface area contributed by atoms with E-state index in [1.807, 2.05) is 31.2 Å². The van der Waals surface area contributed by atoms with E-state index in [0.29, 0.717) is 17.8 Å². The van der Waals surface area contributed by atoms with E-state index in [0.717, 1.165) is 30.5 Å². The van der Waals surface area contributed by atoms with Gasteiger partial charge in [0, 0.05) is 5.69 Å². The maximum Gasteiger partial charge on any atom is 0.312 e. The average Bonchev–Trinajstić information content (AvgIpc) is 2.53. The predicted molar refractivity (Wildman–Crippen MR) is 96.0 cm³/mol. The largest absolute Gasteiger partial charge is 0.452 e. The van der Waals surface area contributed by atoms with Gasteiger partial charge in [-0.05, 0) is 87.8 Å². The van der Waals surface area contributed by atoms with E-state index in [4.69, 9.17) is 4.74 Å². The van der Waals surface area contributed by atoms with Crippen LogP contribution in [0, 0.1) is 30.1 Å². The molecule has 1 aromatic carbocycles. The monoisotopic (exact) mass is 341 g/mol. The molecule has 4 fully saturated rings. The number of aryl methyl sites for hydroxylation is 1. The maximum absolute atomic E-state index is 12.9. The molecule has 0 unspecified atom stereocenters. The highest BCUT2D eigenvalue weighted by molar-refractivity contribution is 5.95. The minimum atomic E-state index is -0.763. The van der Waals surface area contributed by atoms with Crippen molar-refractivity contribution >= 4 is 17.6 Å². The van der Waals surface area contributed by atoms with E-state index in [9.17, 15) is 9.59 Å². The first-order chi connectivity index (χ1) is 11.9. The Hall–Kier alpha value is -1.84. The molecule has 25 heavy (non-hydrogen) atoms. The zero-order valence-corrected chi connectivity index (χ0v) is 15.1. The highest BCUT2D eigenvalue weighted by Gasteiger charge is 2.55. The van der Waals surface area contributed by atoms with Gasteiger partial charge in [-0.25, -0.2) is 0 Å². The second kappa shape index (κ2) is 6.15. The molecule has 0 spiro atoms. The third kappa shape index (κ3) is 3.19. The fourth-order valence-corrected chi connectivity index (χ4v) is 5.67. The fourth-order valence-electron chi connectivity index (χ4n) is 5.67. The smallest absolute Gasteiger partial charge is 0.312 e. The summed E-state index contributed by atoms with van der Waals surface area (Å²) < 4.78 is 5.65. The third-order valence-electron chi connectivity index (χ3n) is 6.41. The summed E-state index contributed by atoms with van der Waals surface area (Å²) in [6.45, 7) is 3.65. The average molecular weight is 341 g/mol. The second-order valence-electron chi connectivity index (χ2n) is 8.60. The Balaban J connectivity index is 1.39. The van der Waals surface area contributed by atoms with E-state index in [1.54, 1.807) is 6.92 Å². The standard InChI is InChI=1S/C21H27NO3/c1-13-4-3-5-18(6-13)22-19(23)14(2)25-20(24)21-10-15-7-16(11-21)9-17(8-15)12-21/h3-6,14-17H,7-12H2,1-2H3,(H,22,23)/t14-,15?,16?,17?,21?/m0/s1. The van der Waals surface area contributed by atoms with Crippen LogP contribution in [0.3, 0.4) is 0 Å². The number of esters is 1. The Morgan fingerprint density at radius 3 is 2.28 bits per heavy atom. The molecule has 5 rings (SSSR count). The minimum Gasteiger partial charge on any atom is -0.452 e. The van der Waals surface area contributed by atoms with Crippen LogP contribution in [0.1, 0.15) is 51.0 Å². The number of carbonyl (C=O) groups is 2. The van der Waals surface area contributed by atoms with Crippen LogP contribution in [0.5, 0.6) is 0 Å². The van der Waals surface area contributed by atoms with E-state index in [-0.39, 0.29) is 17.3 Å². The molecule has 1 aromatic rings. The van der Waals surface area contributed by atoms with Crippen molar-refractivity contribution in [2.45, 2.75) is 58.5 Å². The van der Waals surface area contributed by atoms with Gasteiger partial charge >= 0.3 is 5.97 Å². The lowest BCUT2D eigenvalue weighted by Gasteiger charge is -2.55. The summed E-state index contributed by atoms with van der Waals surface area (Å²) in [4.78, 5) is 25.3. The molecule has 4 nitrogen and oxygen atoms in total. The summed E-state index contributed by atoms with van der Waals surface area (Å²) in [5.74, 6) is 1.67. The number of anilines is 1. The number of hydrogen-bond donors (Lipinski definition) is 1. The van der Waals surface area contributed by atoms with Crippen LogP contribution >= 0.6 is 0 Å². The van der Waals surface area contributed by atoms with Gasteiger partial charge in [0.05, 0.1) is 5.41 Å². The molecule has 1 atom stereocenters. The summed E-state index contributed by atoms with van der Waals surface area (Å²) in [6, 6.07) is 7.63. The predicted octanol–water partition coefficient (Wildman–Crippen LogP) is 4.08. The van der Waals surface area contributed by atoms with Crippen molar-refractivity contribution in [3.05, 3.63) is 29.8 Å². The van der Waals surface area contributed by atoms with Crippen molar-refractivity contribution in [3.63, 3.8) is 0 Å². The first-order valence-electron chi connectivity index (χ1n) is 9.52. The summed E-state index contributed by atoms with van der Waals surface area (Å²) >= 11 is 0. The van der Waals surface area contributed by atoms with Gasteiger partial charge in [-0.2, -0.15) is 0 Å². The molecular weight excluding hydrogens is 314 g/mol. The van der Waals surface area contributed by atoms with Crippen molar-refractivity contribution in [3.8, 4) is 0 Å². The van der Waals surface area contributed by atoms with Crippen LogP contribution in [-0.2, 0) is 14.3 Å². The topological polar surface area (TPSA) is 55.4 Å². The van der Waals surface area contributed by atoms with Crippen molar-refractivity contribution < 1.29 is 14.3 Å². The number of rotatable bonds is 4. The molecule has 4 aliphatic carbocycles. The summed E-state index contributed by atoms with van der Waals surface area (Å²) in [5, 5.41) is 2.85. The lowest BCUT2D eigenvalue weighted by molar-refractivity contribution is -0.177. The first kappa shape index (κ1) is 16.6. The van der Waals surface area contributed by atoms with Gasteiger partial charge in [0.25, 0.3) is 5.91 Å². The van der Waals surface area contributed by atoms with Crippen LogP contribution < -0.4 is 5.32 Å². The lowest BCUT2D eigenvalue weighted by Crippen LogP contribution is -2.51. The van der Waals surface area contributed by atoms with Crippen molar-refractivity contribution in [1.29, 1.82) is 0 Å². The van der Waals surface area contributed by atoms with Crippen LogP contribution in [0.4, 0.5) is 5.69 Å². The zero-order chi connectivity index (χ0) is 17.6. The molecule has 4 heteroatoms. The molecule has 134 valence electrons. The van der Waals surface area contributed by atoms with Gasteiger partial charge in [-0.1, -0.05) is 12.1 Å². The van der Waals surface area contributed by atoms with Gasteiger partial charge in [-0.3, -0.25) is 9.59 Å². The Kier molecular flexibility index (Phi) is 4.09. The van der Waals surface area contributed by atoms with Gasteiger partial charge in [-0.15, -0.1) is 0 Å². The Morgan fingerprint density at radius 2 is 1.72 bits per heavy atom. The molecule has 4 saturated carbocycles. The van der Waals surface area contributed by atoms with E-state index in [1.165, 1.54) is 19.3 Å². The molecule has 0 heterocycles. The Bertz CT molecular complexity index is 661. The van der Waals surface area contributed by atoms with Gasteiger partial charge in [0.1, 0.15) is 0 Å². The van der Waals surface area contributed by atoms with Crippen LogP contribution in [0.2, 0.25) is 0 Å². The molecule has 1 amide bonds. The van der Waals surface area contributed by atoms with Crippen molar-refractivity contribution in [1.82, 2.24) is 0 Å². The number of carbonyl (C=O) groups excluding carboxylic acids is 2. The molecule has 1 N–H and O–H groups in total. The van der Waals surface area contributed by atoms with Crippen molar-refractivity contribution in [2.24, 2.45) is 23.2 Å². The Morgan fingerprint density at radius 1 is 1.12 bits per heavy atom.